The van der Waals surface area contributed by atoms with Crippen molar-refractivity contribution in [3.8, 4) is 5.75 Å². The Labute approximate surface area is 114 Å². The summed E-state index contributed by atoms with van der Waals surface area (Å²) in [4.78, 5) is 0. The largest absolute Gasteiger partial charge is 0.486 e. The summed E-state index contributed by atoms with van der Waals surface area (Å²) >= 11 is 0. The van der Waals surface area contributed by atoms with Crippen LogP contribution in [0.1, 0.15) is 22.6 Å². The van der Waals surface area contributed by atoms with E-state index in [0.29, 0.717) is 18.1 Å². The Bertz CT molecular complexity index is 573. The normalized spacial score (nSPS) is 11.7. The molecule has 0 radical (unpaired) electrons. The average molecular weight is 285 g/mol. The minimum atomic E-state index is -4.34. The van der Waals surface area contributed by atoms with Gasteiger partial charge in [0.25, 0.3) is 0 Å². The topological polar surface area (TPSA) is 48.4 Å². The first-order chi connectivity index (χ1) is 9.40. The van der Waals surface area contributed by atoms with E-state index in [4.69, 9.17) is 14.9 Å². The van der Waals surface area contributed by atoms with Crippen molar-refractivity contribution < 1.29 is 22.3 Å². The molecule has 2 aromatic rings. The average Bonchev–Trinajstić information content (AvgIpc) is 2.76. The van der Waals surface area contributed by atoms with Gasteiger partial charge in [-0.2, -0.15) is 13.2 Å². The third-order valence-corrected chi connectivity index (χ3v) is 2.85. The van der Waals surface area contributed by atoms with Gasteiger partial charge >= 0.3 is 6.18 Å². The molecular weight excluding hydrogens is 271 g/mol. The molecule has 0 aliphatic carbocycles. The number of benzene rings is 1. The first kappa shape index (κ1) is 14.5. The van der Waals surface area contributed by atoms with Gasteiger partial charge in [-0.05, 0) is 37.3 Å². The second-order valence-electron chi connectivity index (χ2n) is 4.31. The van der Waals surface area contributed by atoms with Crippen molar-refractivity contribution in [1.29, 1.82) is 0 Å². The van der Waals surface area contributed by atoms with Crippen molar-refractivity contribution in [2.24, 2.45) is 5.73 Å². The van der Waals surface area contributed by atoms with Crippen molar-refractivity contribution >= 4 is 0 Å². The van der Waals surface area contributed by atoms with Crippen molar-refractivity contribution in [1.82, 2.24) is 0 Å². The third kappa shape index (κ3) is 3.33. The number of alkyl halides is 3. The number of ether oxygens (including phenoxy) is 1. The SMILES string of the molecule is Cc1oc(COc2ccc(C(F)(F)F)cc2)cc1CN. The van der Waals surface area contributed by atoms with Crippen LogP contribution in [0.4, 0.5) is 13.2 Å². The molecule has 0 saturated heterocycles. The molecule has 1 aromatic carbocycles. The fraction of sp³-hybridized carbons (Fsp3) is 0.286. The molecule has 0 aliphatic heterocycles. The summed E-state index contributed by atoms with van der Waals surface area (Å²) in [6.45, 7) is 2.31. The molecule has 2 rings (SSSR count). The lowest BCUT2D eigenvalue weighted by Gasteiger charge is -2.08. The van der Waals surface area contributed by atoms with Crippen LogP contribution in [-0.4, -0.2) is 0 Å². The van der Waals surface area contributed by atoms with Crippen molar-refractivity contribution in [3.63, 3.8) is 0 Å². The van der Waals surface area contributed by atoms with E-state index in [1.54, 1.807) is 13.0 Å². The highest BCUT2D eigenvalue weighted by atomic mass is 19.4. The van der Waals surface area contributed by atoms with Crippen molar-refractivity contribution in [2.75, 3.05) is 0 Å². The maximum absolute atomic E-state index is 12.4. The lowest BCUT2D eigenvalue weighted by molar-refractivity contribution is -0.137. The molecule has 2 N–H and O–H groups in total. The van der Waals surface area contributed by atoms with E-state index in [1.165, 1.54) is 12.1 Å². The standard InChI is InChI=1S/C14H14F3NO2/c1-9-10(7-18)6-13(20-9)8-19-12-4-2-11(3-5-12)14(15,16)17/h2-6H,7-8,18H2,1H3. The van der Waals surface area contributed by atoms with E-state index >= 15 is 0 Å². The number of halogens is 3. The zero-order valence-electron chi connectivity index (χ0n) is 10.8. The minimum absolute atomic E-state index is 0.145. The Morgan fingerprint density at radius 2 is 1.85 bits per heavy atom. The van der Waals surface area contributed by atoms with Crippen LogP contribution in [0.15, 0.2) is 34.7 Å². The monoisotopic (exact) mass is 285 g/mol. The maximum atomic E-state index is 12.4. The molecule has 0 saturated carbocycles. The van der Waals surface area contributed by atoms with Gasteiger partial charge in [0.15, 0.2) is 0 Å². The molecule has 3 nitrogen and oxygen atoms in total. The van der Waals surface area contributed by atoms with Gasteiger partial charge in [0.1, 0.15) is 23.9 Å². The quantitative estimate of drug-likeness (QED) is 0.932. The Kier molecular flexibility index (Phi) is 4.04. The molecule has 20 heavy (non-hydrogen) atoms. The number of hydrogen-bond donors (Lipinski definition) is 1. The second kappa shape index (κ2) is 5.58. The first-order valence-electron chi connectivity index (χ1n) is 5.98. The fourth-order valence-corrected chi connectivity index (χ4v) is 1.76. The molecule has 0 aliphatic rings. The highest BCUT2D eigenvalue weighted by molar-refractivity contribution is 5.29. The number of rotatable bonds is 4. The molecule has 0 fully saturated rings. The van der Waals surface area contributed by atoms with Crippen LogP contribution in [0.25, 0.3) is 0 Å². The van der Waals surface area contributed by atoms with Crippen LogP contribution in [0, 0.1) is 6.92 Å². The Morgan fingerprint density at radius 3 is 2.35 bits per heavy atom. The van der Waals surface area contributed by atoms with Gasteiger partial charge in [0.2, 0.25) is 0 Å². The molecular formula is C14H14F3NO2. The van der Waals surface area contributed by atoms with Gasteiger partial charge < -0.3 is 14.9 Å². The van der Waals surface area contributed by atoms with Gasteiger partial charge in [-0.3, -0.25) is 0 Å². The molecule has 0 bridgehead atoms. The summed E-state index contributed by atoms with van der Waals surface area (Å²) in [5.41, 5.74) is 5.70. The number of furan rings is 1. The molecule has 108 valence electrons. The minimum Gasteiger partial charge on any atom is -0.486 e. The van der Waals surface area contributed by atoms with E-state index in [9.17, 15) is 13.2 Å². The Balaban J connectivity index is 2.00. The molecule has 1 aromatic heterocycles. The molecule has 1 heterocycles. The fourth-order valence-electron chi connectivity index (χ4n) is 1.76. The van der Waals surface area contributed by atoms with Crippen LogP contribution in [0.3, 0.4) is 0 Å². The maximum Gasteiger partial charge on any atom is 0.416 e. The summed E-state index contributed by atoms with van der Waals surface area (Å²) in [5.74, 6) is 1.66. The number of hydrogen-bond acceptors (Lipinski definition) is 3. The summed E-state index contributed by atoms with van der Waals surface area (Å²) < 4.78 is 48.0. The Morgan fingerprint density at radius 1 is 1.20 bits per heavy atom. The lowest BCUT2D eigenvalue weighted by atomic mass is 10.2. The van der Waals surface area contributed by atoms with Crippen LogP contribution in [0.5, 0.6) is 5.75 Å². The molecule has 0 atom stereocenters. The molecule has 0 spiro atoms. The third-order valence-electron chi connectivity index (χ3n) is 2.85. The zero-order chi connectivity index (χ0) is 14.8. The highest BCUT2D eigenvalue weighted by Crippen LogP contribution is 2.30. The first-order valence-corrected chi connectivity index (χ1v) is 5.98. The summed E-state index contributed by atoms with van der Waals surface area (Å²) in [5, 5.41) is 0. The predicted molar refractivity (Wildman–Crippen MR) is 67.1 cm³/mol. The highest BCUT2D eigenvalue weighted by Gasteiger charge is 2.30. The summed E-state index contributed by atoms with van der Waals surface area (Å²) in [6.07, 6.45) is -4.34. The van der Waals surface area contributed by atoms with Gasteiger partial charge in [0.05, 0.1) is 5.56 Å². The van der Waals surface area contributed by atoms with Gasteiger partial charge in [-0.15, -0.1) is 0 Å². The van der Waals surface area contributed by atoms with Crippen LogP contribution < -0.4 is 10.5 Å². The van der Waals surface area contributed by atoms with Gasteiger partial charge in [-0.1, -0.05) is 0 Å². The zero-order valence-corrected chi connectivity index (χ0v) is 10.8. The van der Waals surface area contributed by atoms with E-state index in [0.717, 1.165) is 23.5 Å². The molecule has 6 heteroatoms. The number of nitrogens with two attached hydrogens (primary N) is 1. The predicted octanol–water partition coefficient (Wildman–Crippen LogP) is 3.64. The number of aryl methyl sites for hydroxylation is 1. The summed E-state index contributed by atoms with van der Waals surface area (Å²) in [7, 11) is 0. The summed E-state index contributed by atoms with van der Waals surface area (Å²) in [6, 6.07) is 6.30. The Hall–Kier alpha value is -1.95. The van der Waals surface area contributed by atoms with Crippen LogP contribution in [-0.2, 0) is 19.3 Å². The van der Waals surface area contributed by atoms with Gasteiger partial charge in [0, 0.05) is 12.1 Å². The van der Waals surface area contributed by atoms with E-state index in [1.807, 2.05) is 0 Å². The van der Waals surface area contributed by atoms with E-state index < -0.39 is 11.7 Å². The van der Waals surface area contributed by atoms with Crippen molar-refractivity contribution in [2.45, 2.75) is 26.3 Å². The van der Waals surface area contributed by atoms with Crippen molar-refractivity contribution in [3.05, 3.63) is 53.0 Å². The molecule has 0 amide bonds. The smallest absolute Gasteiger partial charge is 0.416 e. The van der Waals surface area contributed by atoms with Crippen LogP contribution in [0.2, 0.25) is 0 Å². The van der Waals surface area contributed by atoms with Gasteiger partial charge in [-0.25, -0.2) is 0 Å². The van der Waals surface area contributed by atoms with Crippen LogP contribution >= 0.6 is 0 Å². The lowest BCUT2D eigenvalue weighted by Crippen LogP contribution is -2.04. The second-order valence-corrected chi connectivity index (χ2v) is 4.31. The van der Waals surface area contributed by atoms with E-state index in [-0.39, 0.29) is 6.61 Å². The van der Waals surface area contributed by atoms with E-state index in [2.05, 4.69) is 0 Å². The molecule has 0 unspecified atom stereocenters.